The maximum Gasteiger partial charge on any atom is 0.252 e. The van der Waals surface area contributed by atoms with E-state index < -0.39 is 6.10 Å². The van der Waals surface area contributed by atoms with Crippen LogP contribution in [0, 0.1) is 5.92 Å². The lowest BCUT2D eigenvalue weighted by Crippen LogP contribution is -2.36. The molecule has 1 aliphatic carbocycles. The van der Waals surface area contributed by atoms with Crippen molar-refractivity contribution in [2.75, 3.05) is 6.54 Å². The smallest absolute Gasteiger partial charge is 0.252 e. The van der Waals surface area contributed by atoms with Gasteiger partial charge in [-0.05, 0) is 24.8 Å². The minimum atomic E-state index is -0.514. The minimum absolute atomic E-state index is 0.227. The van der Waals surface area contributed by atoms with Gasteiger partial charge in [0.25, 0.3) is 5.91 Å². The SMILES string of the molecule is O=C(NCC(O)C1CCCC1)c1cc(=O)[nH]c2ccccc12. The quantitative estimate of drug-likeness (QED) is 0.805. The third-order valence-electron chi connectivity index (χ3n) is 4.41. The van der Waals surface area contributed by atoms with Crippen LogP contribution in [0.3, 0.4) is 0 Å². The Morgan fingerprint density at radius 2 is 2.05 bits per heavy atom. The second-order valence-corrected chi connectivity index (χ2v) is 5.91. The minimum Gasteiger partial charge on any atom is -0.391 e. The zero-order valence-corrected chi connectivity index (χ0v) is 12.3. The van der Waals surface area contributed by atoms with Crippen molar-refractivity contribution in [2.45, 2.75) is 31.8 Å². The number of rotatable bonds is 4. The van der Waals surface area contributed by atoms with E-state index in [9.17, 15) is 14.7 Å². The van der Waals surface area contributed by atoms with Crippen LogP contribution in [0.2, 0.25) is 0 Å². The number of nitrogens with one attached hydrogen (secondary N) is 2. The van der Waals surface area contributed by atoms with Crippen LogP contribution >= 0.6 is 0 Å². The van der Waals surface area contributed by atoms with Gasteiger partial charge in [0.1, 0.15) is 0 Å². The Morgan fingerprint density at radius 3 is 2.82 bits per heavy atom. The van der Waals surface area contributed by atoms with E-state index in [1.54, 1.807) is 12.1 Å². The van der Waals surface area contributed by atoms with Gasteiger partial charge in [0, 0.05) is 23.5 Å². The first-order valence-electron chi connectivity index (χ1n) is 7.73. The van der Waals surface area contributed by atoms with Gasteiger partial charge in [-0.1, -0.05) is 31.0 Å². The highest BCUT2D eigenvalue weighted by molar-refractivity contribution is 6.05. The normalized spacial score (nSPS) is 16.8. The Morgan fingerprint density at radius 1 is 1.32 bits per heavy atom. The van der Waals surface area contributed by atoms with Gasteiger partial charge in [-0.3, -0.25) is 9.59 Å². The molecule has 1 heterocycles. The number of aliphatic hydroxyl groups is 1. The molecule has 1 aromatic carbocycles. The number of para-hydroxylation sites is 1. The van der Waals surface area contributed by atoms with Crippen molar-refractivity contribution in [1.29, 1.82) is 0 Å². The molecule has 1 aliphatic rings. The Kier molecular flexibility index (Phi) is 4.24. The number of H-pyrrole nitrogens is 1. The first-order valence-corrected chi connectivity index (χ1v) is 7.73. The zero-order chi connectivity index (χ0) is 15.5. The maximum absolute atomic E-state index is 12.4. The summed E-state index contributed by atoms with van der Waals surface area (Å²) in [5, 5.41) is 13.6. The molecule has 5 heteroatoms. The Labute approximate surface area is 128 Å². The summed E-state index contributed by atoms with van der Waals surface area (Å²) in [5.41, 5.74) is 0.676. The molecule has 1 unspecified atom stereocenters. The number of benzene rings is 1. The van der Waals surface area contributed by atoms with Gasteiger partial charge in [0.05, 0.1) is 11.7 Å². The molecule has 3 rings (SSSR count). The Hall–Kier alpha value is -2.14. The lowest BCUT2D eigenvalue weighted by atomic mass is 10.0. The van der Waals surface area contributed by atoms with Gasteiger partial charge in [0.2, 0.25) is 5.56 Å². The van der Waals surface area contributed by atoms with Crippen LogP contribution in [0.15, 0.2) is 35.1 Å². The van der Waals surface area contributed by atoms with Gasteiger partial charge in [-0.2, -0.15) is 0 Å². The monoisotopic (exact) mass is 300 g/mol. The summed E-state index contributed by atoms with van der Waals surface area (Å²) in [5.74, 6) is -0.0458. The molecule has 0 spiro atoms. The molecule has 3 N–H and O–H groups in total. The Bertz CT molecular complexity index is 732. The molecule has 2 aromatic rings. The summed E-state index contributed by atoms with van der Waals surface area (Å²) >= 11 is 0. The fraction of sp³-hybridized carbons (Fsp3) is 0.412. The van der Waals surface area contributed by atoms with Gasteiger partial charge >= 0.3 is 0 Å². The molecule has 116 valence electrons. The number of aliphatic hydroxyl groups excluding tert-OH is 1. The highest BCUT2D eigenvalue weighted by Crippen LogP contribution is 2.27. The van der Waals surface area contributed by atoms with E-state index in [0.717, 1.165) is 25.7 Å². The van der Waals surface area contributed by atoms with Crippen molar-refractivity contribution < 1.29 is 9.90 Å². The molecule has 0 saturated heterocycles. The van der Waals surface area contributed by atoms with E-state index >= 15 is 0 Å². The molecule has 1 fully saturated rings. The molecule has 0 aliphatic heterocycles. The highest BCUT2D eigenvalue weighted by Gasteiger charge is 2.23. The van der Waals surface area contributed by atoms with Crippen molar-refractivity contribution in [3.05, 3.63) is 46.2 Å². The van der Waals surface area contributed by atoms with Crippen LogP contribution in [-0.4, -0.2) is 28.6 Å². The molecule has 5 nitrogen and oxygen atoms in total. The summed E-state index contributed by atoms with van der Waals surface area (Å²) in [6.07, 6.45) is 3.82. The fourth-order valence-electron chi connectivity index (χ4n) is 3.19. The fourth-order valence-corrected chi connectivity index (χ4v) is 3.19. The first-order chi connectivity index (χ1) is 10.6. The van der Waals surface area contributed by atoms with Gasteiger partial charge in [-0.25, -0.2) is 0 Å². The number of hydrogen-bond acceptors (Lipinski definition) is 3. The lowest BCUT2D eigenvalue weighted by Gasteiger charge is -2.18. The van der Waals surface area contributed by atoms with Crippen molar-refractivity contribution in [3.8, 4) is 0 Å². The van der Waals surface area contributed by atoms with E-state index in [4.69, 9.17) is 0 Å². The summed E-state index contributed by atoms with van der Waals surface area (Å²) in [7, 11) is 0. The standard InChI is InChI=1S/C17H20N2O3/c20-15(11-5-1-2-6-11)10-18-17(22)13-9-16(21)19-14-8-4-3-7-12(13)14/h3-4,7-9,11,15,20H,1-2,5-6,10H2,(H,18,22)(H,19,21). The second kappa shape index (κ2) is 6.32. The maximum atomic E-state index is 12.4. The number of fused-ring (bicyclic) bond motifs is 1. The molecule has 0 radical (unpaired) electrons. The second-order valence-electron chi connectivity index (χ2n) is 5.91. The average Bonchev–Trinajstić information content (AvgIpc) is 3.06. The Balaban J connectivity index is 1.76. The van der Waals surface area contributed by atoms with Crippen LogP contribution in [-0.2, 0) is 0 Å². The summed E-state index contributed by atoms with van der Waals surface area (Å²) < 4.78 is 0. The number of amides is 1. The van der Waals surface area contributed by atoms with Crippen LogP contribution in [0.4, 0.5) is 0 Å². The van der Waals surface area contributed by atoms with Crippen molar-refractivity contribution in [3.63, 3.8) is 0 Å². The molecule has 0 bridgehead atoms. The predicted molar refractivity (Wildman–Crippen MR) is 84.9 cm³/mol. The lowest BCUT2D eigenvalue weighted by molar-refractivity contribution is 0.0842. The molecular weight excluding hydrogens is 280 g/mol. The molecule has 22 heavy (non-hydrogen) atoms. The van der Waals surface area contributed by atoms with Crippen LogP contribution in [0.5, 0.6) is 0 Å². The number of hydrogen-bond donors (Lipinski definition) is 3. The van der Waals surface area contributed by atoms with E-state index in [1.807, 2.05) is 12.1 Å². The number of carbonyl (C=O) groups excluding carboxylic acids is 1. The number of pyridine rings is 1. The summed E-state index contributed by atoms with van der Waals surface area (Å²) in [6, 6.07) is 8.50. The van der Waals surface area contributed by atoms with Gasteiger partial charge in [-0.15, -0.1) is 0 Å². The first kappa shape index (κ1) is 14.8. The van der Waals surface area contributed by atoms with E-state index in [-0.39, 0.29) is 23.9 Å². The van der Waals surface area contributed by atoms with Crippen molar-refractivity contribution in [1.82, 2.24) is 10.3 Å². The van der Waals surface area contributed by atoms with Crippen molar-refractivity contribution in [2.24, 2.45) is 5.92 Å². The predicted octanol–water partition coefficient (Wildman–Crippen LogP) is 1.81. The number of aromatic nitrogens is 1. The van der Waals surface area contributed by atoms with Crippen molar-refractivity contribution >= 4 is 16.8 Å². The average molecular weight is 300 g/mol. The molecule has 1 aromatic heterocycles. The van der Waals surface area contributed by atoms with E-state index in [2.05, 4.69) is 10.3 Å². The largest absolute Gasteiger partial charge is 0.391 e. The van der Waals surface area contributed by atoms with Gasteiger partial charge in [0.15, 0.2) is 0 Å². The summed E-state index contributed by atoms with van der Waals surface area (Å²) in [6.45, 7) is 0.227. The third-order valence-corrected chi connectivity index (χ3v) is 4.41. The molecule has 1 amide bonds. The third kappa shape index (κ3) is 3.04. The topological polar surface area (TPSA) is 82.2 Å². The number of aromatic amines is 1. The summed E-state index contributed by atoms with van der Waals surface area (Å²) in [4.78, 5) is 26.7. The molecule has 1 atom stereocenters. The molecule has 1 saturated carbocycles. The van der Waals surface area contributed by atoms with Crippen LogP contribution in [0.1, 0.15) is 36.0 Å². The molecular formula is C17H20N2O3. The van der Waals surface area contributed by atoms with Crippen LogP contribution < -0.4 is 10.9 Å². The zero-order valence-electron chi connectivity index (χ0n) is 12.3. The highest BCUT2D eigenvalue weighted by atomic mass is 16.3. The van der Waals surface area contributed by atoms with Gasteiger partial charge < -0.3 is 15.4 Å². The number of carbonyl (C=O) groups is 1. The van der Waals surface area contributed by atoms with E-state index in [1.165, 1.54) is 6.07 Å². The van der Waals surface area contributed by atoms with E-state index in [0.29, 0.717) is 16.5 Å². The van der Waals surface area contributed by atoms with Crippen LogP contribution in [0.25, 0.3) is 10.9 Å².